The van der Waals surface area contributed by atoms with Crippen LogP contribution in [0.1, 0.15) is 13.3 Å². The van der Waals surface area contributed by atoms with Crippen molar-refractivity contribution in [2.75, 3.05) is 24.2 Å². The normalized spacial score (nSPS) is 11.3. The third-order valence-corrected chi connectivity index (χ3v) is 2.78. The topological polar surface area (TPSA) is 120 Å². The zero-order chi connectivity index (χ0) is 13.6. The maximum atomic E-state index is 10.7. The first-order chi connectivity index (χ1) is 8.40. The summed E-state index contributed by atoms with van der Waals surface area (Å²) in [6.07, 6.45) is 0.339. The molecule has 0 saturated carbocycles. The highest BCUT2D eigenvalue weighted by molar-refractivity contribution is 7.89. The first kappa shape index (κ1) is 14.9. The zero-order valence-corrected chi connectivity index (χ0v) is 11.3. The van der Waals surface area contributed by atoms with Crippen LogP contribution in [0.3, 0.4) is 0 Å². The second-order valence-electron chi connectivity index (χ2n) is 3.29. The second-order valence-corrected chi connectivity index (χ2v) is 5.36. The molecule has 0 bridgehead atoms. The molecule has 0 atom stereocenters. The number of hydrogen-bond donors (Lipinski definition) is 2. The number of nitrogens with zero attached hydrogens (tertiary/aromatic N) is 3. The highest BCUT2D eigenvalue weighted by atomic mass is 35.5. The van der Waals surface area contributed by atoms with Crippen LogP contribution in [0.15, 0.2) is 0 Å². The predicted molar refractivity (Wildman–Crippen MR) is 67.1 cm³/mol. The van der Waals surface area contributed by atoms with Crippen LogP contribution in [-0.4, -0.2) is 42.3 Å². The average molecular weight is 296 g/mol. The molecular formula is C8H14ClN5O3S. The average Bonchev–Trinajstić information content (AvgIpc) is 2.23. The monoisotopic (exact) mass is 295 g/mol. The summed E-state index contributed by atoms with van der Waals surface area (Å²) >= 11 is 5.67. The van der Waals surface area contributed by atoms with E-state index in [2.05, 4.69) is 20.3 Å². The lowest BCUT2D eigenvalue weighted by molar-refractivity contribution is 0.312. The Kier molecular flexibility index (Phi) is 5.51. The van der Waals surface area contributed by atoms with E-state index >= 15 is 0 Å². The molecule has 1 rings (SSSR count). The van der Waals surface area contributed by atoms with E-state index in [1.54, 1.807) is 6.92 Å². The third kappa shape index (κ3) is 5.94. The molecule has 8 nitrogen and oxygen atoms in total. The molecule has 0 radical (unpaired) electrons. The molecule has 0 saturated heterocycles. The molecule has 102 valence electrons. The van der Waals surface area contributed by atoms with Crippen molar-refractivity contribution in [3.63, 3.8) is 0 Å². The second kappa shape index (κ2) is 6.66. The fraction of sp³-hybridized carbons (Fsp3) is 0.625. The molecule has 0 aliphatic carbocycles. The molecule has 10 heteroatoms. The molecule has 0 fully saturated rings. The van der Waals surface area contributed by atoms with Crippen molar-refractivity contribution < 1.29 is 13.2 Å². The number of ether oxygens (including phenoxy) is 1. The van der Waals surface area contributed by atoms with E-state index in [4.69, 9.17) is 21.5 Å². The van der Waals surface area contributed by atoms with E-state index in [1.165, 1.54) is 0 Å². The van der Waals surface area contributed by atoms with Crippen LogP contribution < -0.4 is 15.2 Å². The lowest BCUT2D eigenvalue weighted by Gasteiger charge is -2.06. The maximum Gasteiger partial charge on any atom is 0.322 e. The Balaban J connectivity index is 2.51. The van der Waals surface area contributed by atoms with Crippen LogP contribution in [-0.2, 0) is 10.0 Å². The lowest BCUT2D eigenvalue weighted by Crippen LogP contribution is -2.19. The molecule has 0 aliphatic heterocycles. The van der Waals surface area contributed by atoms with Crippen molar-refractivity contribution in [3.8, 4) is 6.01 Å². The molecule has 0 spiro atoms. The van der Waals surface area contributed by atoms with Crippen LogP contribution in [0, 0.1) is 0 Å². The quantitative estimate of drug-likeness (QED) is 0.680. The van der Waals surface area contributed by atoms with Crippen LogP contribution in [0.2, 0.25) is 5.28 Å². The molecule has 18 heavy (non-hydrogen) atoms. The Morgan fingerprint density at radius 3 is 2.72 bits per heavy atom. The summed E-state index contributed by atoms with van der Waals surface area (Å²) in [6, 6.07) is 0.117. The van der Waals surface area contributed by atoms with Gasteiger partial charge in [0, 0.05) is 6.54 Å². The van der Waals surface area contributed by atoms with E-state index in [-0.39, 0.29) is 23.0 Å². The van der Waals surface area contributed by atoms with Gasteiger partial charge >= 0.3 is 6.01 Å². The number of aromatic nitrogens is 3. The molecule has 3 N–H and O–H groups in total. The van der Waals surface area contributed by atoms with Gasteiger partial charge in [-0.2, -0.15) is 15.0 Å². The minimum atomic E-state index is -3.45. The minimum absolute atomic E-state index is 0.00222. The van der Waals surface area contributed by atoms with Gasteiger partial charge in [-0.05, 0) is 24.9 Å². The van der Waals surface area contributed by atoms with Crippen molar-refractivity contribution >= 4 is 27.6 Å². The molecule has 1 aromatic heterocycles. The largest absolute Gasteiger partial charge is 0.464 e. The van der Waals surface area contributed by atoms with Gasteiger partial charge in [0.2, 0.25) is 21.3 Å². The van der Waals surface area contributed by atoms with Crippen LogP contribution >= 0.6 is 11.6 Å². The highest BCUT2D eigenvalue weighted by Crippen LogP contribution is 2.11. The predicted octanol–water partition coefficient (Wildman–Crippen LogP) is 0.0142. The molecule has 0 aromatic carbocycles. The third-order valence-electron chi connectivity index (χ3n) is 1.75. The van der Waals surface area contributed by atoms with Crippen LogP contribution in [0.25, 0.3) is 0 Å². The maximum absolute atomic E-state index is 10.7. The van der Waals surface area contributed by atoms with Gasteiger partial charge in [0.05, 0.1) is 12.4 Å². The number of nitrogens with two attached hydrogens (primary N) is 1. The summed E-state index contributed by atoms with van der Waals surface area (Å²) < 4.78 is 26.5. The Labute approximate surface area is 110 Å². The van der Waals surface area contributed by atoms with Crippen LogP contribution in [0.5, 0.6) is 6.01 Å². The Bertz CT molecular complexity index is 496. The fourth-order valence-electron chi connectivity index (χ4n) is 1.08. The van der Waals surface area contributed by atoms with Gasteiger partial charge in [0.1, 0.15) is 0 Å². The van der Waals surface area contributed by atoms with Gasteiger partial charge in [-0.1, -0.05) is 0 Å². The van der Waals surface area contributed by atoms with E-state index < -0.39 is 10.0 Å². The van der Waals surface area contributed by atoms with Gasteiger partial charge in [-0.25, -0.2) is 13.6 Å². The highest BCUT2D eigenvalue weighted by Gasteiger charge is 2.06. The lowest BCUT2D eigenvalue weighted by atomic mass is 10.5. The van der Waals surface area contributed by atoms with Crippen molar-refractivity contribution in [1.29, 1.82) is 0 Å². The zero-order valence-electron chi connectivity index (χ0n) is 9.76. The van der Waals surface area contributed by atoms with Crippen molar-refractivity contribution in [2.24, 2.45) is 5.14 Å². The number of nitrogens with one attached hydrogen (secondary N) is 1. The molecule has 0 amide bonds. The number of anilines is 1. The Morgan fingerprint density at radius 1 is 1.39 bits per heavy atom. The van der Waals surface area contributed by atoms with Gasteiger partial charge in [-0.15, -0.1) is 0 Å². The fourth-order valence-corrected chi connectivity index (χ4v) is 1.78. The number of hydrogen-bond acceptors (Lipinski definition) is 7. The Morgan fingerprint density at radius 2 is 2.11 bits per heavy atom. The summed E-state index contributed by atoms with van der Waals surface area (Å²) in [7, 11) is -3.45. The molecule has 1 heterocycles. The summed E-state index contributed by atoms with van der Waals surface area (Å²) in [4.78, 5) is 11.5. The van der Waals surface area contributed by atoms with E-state index in [0.717, 1.165) is 0 Å². The van der Waals surface area contributed by atoms with E-state index in [0.29, 0.717) is 19.6 Å². The van der Waals surface area contributed by atoms with E-state index in [9.17, 15) is 8.42 Å². The number of sulfonamides is 1. The minimum Gasteiger partial charge on any atom is -0.464 e. The molecular weight excluding hydrogens is 282 g/mol. The van der Waals surface area contributed by atoms with Gasteiger partial charge in [0.15, 0.2) is 0 Å². The van der Waals surface area contributed by atoms with Gasteiger partial charge in [-0.3, -0.25) is 0 Å². The summed E-state index contributed by atoms with van der Waals surface area (Å²) in [6.45, 7) is 2.55. The molecule has 0 aliphatic rings. The summed E-state index contributed by atoms with van der Waals surface area (Å²) in [5.74, 6) is 0.116. The first-order valence-electron chi connectivity index (χ1n) is 5.19. The van der Waals surface area contributed by atoms with Crippen molar-refractivity contribution in [2.45, 2.75) is 13.3 Å². The standard InChI is InChI=1S/C8H14ClN5O3S/c1-2-17-8-13-6(9)12-7(14-8)11-4-3-5-18(10,15)16/h2-5H2,1H3,(H2,10,15,16)(H,11,12,13,14). The smallest absolute Gasteiger partial charge is 0.322 e. The Hall–Kier alpha value is -1.19. The molecule has 0 unspecified atom stereocenters. The number of rotatable bonds is 7. The summed E-state index contributed by atoms with van der Waals surface area (Å²) in [5, 5.41) is 7.68. The number of halogens is 1. The van der Waals surface area contributed by atoms with Crippen LogP contribution in [0.4, 0.5) is 5.95 Å². The van der Waals surface area contributed by atoms with Gasteiger partial charge < -0.3 is 10.1 Å². The molecule has 1 aromatic rings. The first-order valence-corrected chi connectivity index (χ1v) is 7.29. The van der Waals surface area contributed by atoms with Crippen molar-refractivity contribution in [1.82, 2.24) is 15.0 Å². The summed E-state index contributed by atoms with van der Waals surface area (Å²) in [5.41, 5.74) is 0. The van der Waals surface area contributed by atoms with Crippen molar-refractivity contribution in [3.05, 3.63) is 5.28 Å². The van der Waals surface area contributed by atoms with Gasteiger partial charge in [0.25, 0.3) is 0 Å². The SMILES string of the molecule is CCOc1nc(Cl)nc(NCCCS(N)(=O)=O)n1. The van der Waals surface area contributed by atoms with E-state index in [1.807, 2.05) is 0 Å². The number of primary sulfonamides is 1.